The SMILES string of the molecule is CC[C@H](C)[C@H](NC(=O)[C@H](CCCN=C(N)N)CC(C)=O)C(=O)C[C@@H](CCC(=O)O)C(=O)NCC(=O)C[C@@H](CC(C)C)C(=O)N[C@@H](CCCN=C(N)N)C(=O)C[C@@H](CCCCN)C(=O)N[C@@H](CCCN=C(N)N)C(=O)C[C@@H](CCCN=C(N)N)C(=O)NC. The van der Waals surface area contributed by atoms with E-state index in [-0.39, 0.29) is 139 Å². The van der Waals surface area contributed by atoms with E-state index in [0.29, 0.717) is 32.1 Å². The smallest absolute Gasteiger partial charge is 0.303 e. The van der Waals surface area contributed by atoms with Crippen molar-refractivity contribution >= 4 is 88.3 Å². The molecule has 30 heteroatoms. The molecule has 5 amide bonds. The van der Waals surface area contributed by atoms with Gasteiger partial charge in [0.15, 0.2) is 47.0 Å². The molecule has 0 fully saturated rings. The first-order valence-electron chi connectivity index (χ1n) is 30.1. The summed E-state index contributed by atoms with van der Waals surface area (Å²) in [5, 5.41) is 23.1. The Morgan fingerprint density at radius 1 is 0.471 bits per heavy atom. The number of Topliss-reactive ketones (excluding diaryl/α,β-unsaturated/α-hetero) is 5. The summed E-state index contributed by atoms with van der Waals surface area (Å²) in [6, 6.07) is -3.47. The van der Waals surface area contributed by atoms with Gasteiger partial charge in [-0.1, -0.05) is 40.5 Å². The number of aliphatic imine (C=N–C) groups is 4. The van der Waals surface area contributed by atoms with Crippen LogP contribution in [0.3, 0.4) is 0 Å². The number of nitrogens with zero attached hydrogens (tertiary/aromatic N) is 4. The molecule has 0 aliphatic rings. The van der Waals surface area contributed by atoms with E-state index in [1.807, 2.05) is 13.8 Å². The number of carboxylic acids is 1. The Morgan fingerprint density at radius 3 is 1.29 bits per heavy atom. The maximum atomic E-state index is 14.5. The highest BCUT2D eigenvalue weighted by Gasteiger charge is 2.36. The number of nitrogens with two attached hydrogens (primary N) is 9. The van der Waals surface area contributed by atoms with E-state index in [1.165, 1.54) is 14.0 Å². The number of guanidine groups is 4. The van der Waals surface area contributed by atoms with Crippen LogP contribution >= 0.6 is 0 Å². The molecule has 0 saturated carbocycles. The Balaban J connectivity index is 6.81. The molecule has 87 heavy (non-hydrogen) atoms. The minimum Gasteiger partial charge on any atom is -0.481 e. The van der Waals surface area contributed by atoms with Gasteiger partial charge in [0.05, 0.1) is 24.7 Å². The molecule has 9 atom stereocenters. The number of aliphatic carboxylic acids is 1. The average molecular weight is 1230 g/mol. The molecule has 0 aromatic rings. The Hall–Kier alpha value is -7.79. The number of hydrogen-bond donors (Lipinski definition) is 15. The zero-order valence-electron chi connectivity index (χ0n) is 52.1. The first-order chi connectivity index (χ1) is 40.9. The number of amides is 5. The summed E-state index contributed by atoms with van der Waals surface area (Å²) in [5.74, 6) is -13.0. The molecular formula is C57H104N18O12. The second-order valence-corrected chi connectivity index (χ2v) is 22.6. The van der Waals surface area contributed by atoms with E-state index < -0.39 is 144 Å². The van der Waals surface area contributed by atoms with Crippen molar-refractivity contribution < 1.29 is 57.8 Å². The number of unbranched alkanes of at least 4 members (excludes halogenated alkanes) is 1. The molecule has 494 valence electrons. The Bertz CT molecular complexity index is 2350. The number of nitrogens with one attached hydrogen (secondary N) is 5. The Labute approximate surface area is 511 Å². The lowest BCUT2D eigenvalue weighted by Crippen LogP contribution is -2.49. The van der Waals surface area contributed by atoms with Crippen LogP contribution in [0, 0.1) is 41.4 Å². The largest absolute Gasteiger partial charge is 0.481 e. The molecule has 0 heterocycles. The third-order valence-corrected chi connectivity index (χ3v) is 14.5. The molecule has 0 rings (SSSR count). The molecule has 0 aliphatic carbocycles. The van der Waals surface area contributed by atoms with Crippen molar-refractivity contribution in [2.45, 2.75) is 181 Å². The van der Waals surface area contributed by atoms with Crippen LogP contribution in [-0.2, 0) is 52.7 Å². The molecule has 0 bridgehead atoms. The highest BCUT2D eigenvalue weighted by atomic mass is 16.4. The molecule has 0 spiro atoms. The summed E-state index contributed by atoms with van der Waals surface area (Å²) in [5.41, 5.74) is 49.8. The molecule has 0 saturated heterocycles. The predicted octanol–water partition coefficient (Wildman–Crippen LogP) is -1.50. The van der Waals surface area contributed by atoms with Crippen LogP contribution in [-0.4, -0.2) is 158 Å². The van der Waals surface area contributed by atoms with Gasteiger partial charge in [-0.15, -0.1) is 0 Å². The molecule has 0 unspecified atom stereocenters. The van der Waals surface area contributed by atoms with Gasteiger partial charge in [-0.3, -0.25) is 67.9 Å². The van der Waals surface area contributed by atoms with Gasteiger partial charge >= 0.3 is 5.97 Å². The number of carbonyl (C=O) groups excluding carboxylic acids is 10. The molecule has 0 aromatic carbocycles. The summed E-state index contributed by atoms with van der Waals surface area (Å²) in [7, 11) is 1.43. The minimum atomic E-state index is -1.25. The van der Waals surface area contributed by atoms with Crippen LogP contribution in [0.15, 0.2) is 20.0 Å². The predicted molar refractivity (Wildman–Crippen MR) is 332 cm³/mol. The van der Waals surface area contributed by atoms with Crippen molar-refractivity contribution in [2.75, 3.05) is 46.3 Å². The Kier molecular flexibility index (Phi) is 40.6. The molecule has 24 N–H and O–H groups in total. The van der Waals surface area contributed by atoms with Crippen LogP contribution in [0.1, 0.15) is 163 Å². The van der Waals surface area contributed by atoms with Gasteiger partial charge < -0.3 is 88.1 Å². The highest BCUT2D eigenvalue weighted by molar-refractivity contribution is 5.98. The number of rotatable bonds is 50. The summed E-state index contributed by atoms with van der Waals surface area (Å²) >= 11 is 0. The zero-order valence-corrected chi connectivity index (χ0v) is 52.1. The van der Waals surface area contributed by atoms with Crippen LogP contribution in [0.5, 0.6) is 0 Å². The molecule has 0 radical (unpaired) electrons. The van der Waals surface area contributed by atoms with Gasteiger partial charge in [0, 0.05) is 101 Å². The lowest BCUT2D eigenvalue weighted by molar-refractivity contribution is -0.139. The zero-order chi connectivity index (χ0) is 66.2. The van der Waals surface area contributed by atoms with E-state index in [9.17, 15) is 57.8 Å². The molecular weight excluding hydrogens is 1130 g/mol. The lowest BCUT2D eigenvalue weighted by atomic mass is 9.87. The first kappa shape index (κ1) is 79.2. The third kappa shape index (κ3) is 36.7. The van der Waals surface area contributed by atoms with Gasteiger partial charge in [-0.2, -0.15) is 0 Å². The monoisotopic (exact) mass is 1230 g/mol. The van der Waals surface area contributed by atoms with Crippen LogP contribution in [0.4, 0.5) is 0 Å². The maximum Gasteiger partial charge on any atom is 0.303 e. The van der Waals surface area contributed by atoms with E-state index in [1.54, 1.807) is 13.8 Å². The average Bonchev–Trinajstić information content (AvgIpc) is 2.99. The summed E-state index contributed by atoms with van der Waals surface area (Å²) < 4.78 is 0. The van der Waals surface area contributed by atoms with Crippen LogP contribution in [0.25, 0.3) is 0 Å². The fraction of sp³-hybridized carbons (Fsp3) is 0.737. The van der Waals surface area contributed by atoms with Crippen LogP contribution in [0.2, 0.25) is 0 Å². The topological polar surface area (TPSA) is 552 Å². The number of hydrogen-bond acceptors (Lipinski definition) is 16. The first-order valence-corrected chi connectivity index (χ1v) is 30.1. The summed E-state index contributed by atoms with van der Waals surface area (Å²) in [6.45, 7) is 8.77. The quantitative estimate of drug-likeness (QED) is 0.0187. The van der Waals surface area contributed by atoms with Crippen molar-refractivity contribution in [1.82, 2.24) is 26.6 Å². The number of carbonyl (C=O) groups is 11. The molecule has 0 aromatic heterocycles. The van der Waals surface area contributed by atoms with E-state index in [2.05, 4.69) is 46.6 Å². The van der Waals surface area contributed by atoms with Crippen molar-refractivity contribution in [2.24, 2.45) is 113 Å². The second kappa shape index (κ2) is 44.6. The number of ketones is 5. The second-order valence-electron chi connectivity index (χ2n) is 22.6. The van der Waals surface area contributed by atoms with Crippen molar-refractivity contribution in [1.29, 1.82) is 0 Å². The normalized spacial score (nSPS) is 14.1. The van der Waals surface area contributed by atoms with Gasteiger partial charge in [0.1, 0.15) is 5.78 Å². The standard InChI is InChI=1S/C57H104N18O12/c1-7-34(4)48(75-52(86)36(27-35(5)76)15-10-22-68-54(59)60)46(80)31-39(19-20-47(81)82)50(84)72-32-41(77)28-40(26-33(2)3)53(87)74-43(18-13-25-71-57(65)66)45(79)30-38(14-8-9-21-58)51(85)73-42(17-12-24-70-56(63)64)44(78)29-37(49(83)67-6)16-11-23-69-55(61)62/h33-34,36-40,42-43,48H,7-32,58H2,1-6H3,(H,67,83)(H,72,84)(H,73,85)(H,74,87)(H,75,86)(H,81,82)(H4,59,60,68)(H4,61,62,69)(H4,63,64,70)(H4,65,66,71)/t34-,36+,37+,38+,39+,40+,42-,43-,48-/m0/s1. The van der Waals surface area contributed by atoms with E-state index in [4.69, 9.17) is 51.6 Å². The van der Waals surface area contributed by atoms with Gasteiger partial charge in [0.25, 0.3) is 0 Å². The molecule has 30 nitrogen and oxygen atoms in total. The summed E-state index contributed by atoms with van der Waals surface area (Å²) in [6.07, 6.45) is 0.898. The minimum absolute atomic E-state index is 0.00454. The Morgan fingerprint density at radius 2 is 0.874 bits per heavy atom. The fourth-order valence-electron chi connectivity index (χ4n) is 9.71. The van der Waals surface area contributed by atoms with Crippen molar-refractivity contribution in [3.05, 3.63) is 0 Å². The molecule has 0 aliphatic heterocycles. The van der Waals surface area contributed by atoms with Gasteiger partial charge in [-0.05, 0) is 102 Å². The third-order valence-electron chi connectivity index (χ3n) is 14.5. The van der Waals surface area contributed by atoms with Crippen molar-refractivity contribution in [3.63, 3.8) is 0 Å². The van der Waals surface area contributed by atoms with Gasteiger partial charge in [0.2, 0.25) is 29.5 Å². The fourth-order valence-corrected chi connectivity index (χ4v) is 9.71. The van der Waals surface area contributed by atoms with Crippen molar-refractivity contribution in [3.8, 4) is 0 Å². The van der Waals surface area contributed by atoms with Crippen LogP contribution < -0.4 is 78.2 Å². The van der Waals surface area contributed by atoms with Gasteiger partial charge in [-0.25, -0.2) is 0 Å². The number of carboxylic acid groups (broad SMARTS) is 1. The highest BCUT2D eigenvalue weighted by Crippen LogP contribution is 2.24. The van der Waals surface area contributed by atoms with E-state index in [0.717, 1.165) is 0 Å². The summed E-state index contributed by atoms with van der Waals surface area (Å²) in [4.78, 5) is 165. The lowest BCUT2D eigenvalue weighted by Gasteiger charge is -2.27. The van der Waals surface area contributed by atoms with E-state index >= 15 is 0 Å². The maximum absolute atomic E-state index is 14.5.